The zero-order valence-electron chi connectivity index (χ0n) is 8.27. The number of carbonyl (C=O) groups is 1. The van der Waals surface area contributed by atoms with Crippen LogP contribution in [0.2, 0.25) is 0 Å². The first-order valence-electron chi connectivity index (χ1n) is 4.85. The Balaban J connectivity index is 2.43. The first kappa shape index (κ1) is 8.91. The van der Waals surface area contributed by atoms with Gasteiger partial charge in [-0.1, -0.05) is 12.1 Å². The van der Waals surface area contributed by atoms with Gasteiger partial charge in [0.2, 0.25) is 0 Å². The van der Waals surface area contributed by atoms with Crippen LogP contribution in [0.25, 0.3) is 10.8 Å². The van der Waals surface area contributed by atoms with Crippen LogP contribution in [-0.2, 0) is 0 Å². The van der Waals surface area contributed by atoms with Gasteiger partial charge >= 0.3 is 5.97 Å². The normalized spacial score (nSPS) is 12.5. The Bertz CT molecular complexity index is 632. The lowest BCUT2D eigenvalue weighted by atomic mass is 9.99. The molecule has 0 unspecified atom stereocenters. The fourth-order valence-corrected chi connectivity index (χ4v) is 1.95. The number of nitrogens with zero attached hydrogens (tertiary/aromatic N) is 1. The summed E-state index contributed by atoms with van der Waals surface area (Å²) in [7, 11) is 0. The third-order valence-electron chi connectivity index (χ3n) is 2.64. The van der Waals surface area contributed by atoms with Crippen LogP contribution in [-0.4, -0.2) is 17.3 Å². The molecule has 16 heavy (non-hydrogen) atoms. The van der Waals surface area contributed by atoms with Gasteiger partial charge in [0.05, 0.1) is 17.5 Å². The van der Waals surface area contributed by atoms with Crippen LogP contribution in [0.3, 0.4) is 0 Å². The van der Waals surface area contributed by atoms with E-state index in [9.17, 15) is 4.79 Å². The van der Waals surface area contributed by atoms with Crippen LogP contribution in [0.5, 0.6) is 0 Å². The molecule has 0 amide bonds. The summed E-state index contributed by atoms with van der Waals surface area (Å²) < 4.78 is 0. The highest BCUT2D eigenvalue weighted by atomic mass is 16.4. The molecule has 78 valence electrons. The van der Waals surface area contributed by atoms with Gasteiger partial charge in [-0.2, -0.15) is 5.10 Å². The van der Waals surface area contributed by atoms with E-state index in [1.54, 1.807) is 18.3 Å². The van der Waals surface area contributed by atoms with Crippen LogP contribution >= 0.6 is 0 Å². The van der Waals surface area contributed by atoms with Gasteiger partial charge in [-0.15, -0.1) is 0 Å². The highest BCUT2D eigenvalue weighted by Crippen LogP contribution is 2.29. The molecule has 0 atom stereocenters. The van der Waals surface area contributed by atoms with E-state index in [2.05, 4.69) is 10.5 Å². The molecule has 2 aromatic rings. The number of hydrogen-bond acceptors (Lipinski definition) is 3. The number of nitrogens with one attached hydrogen (secondary N) is 1. The summed E-state index contributed by atoms with van der Waals surface area (Å²) >= 11 is 0. The average Bonchev–Trinajstić information content (AvgIpc) is 2.29. The van der Waals surface area contributed by atoms with Crippen LogP contribution in [0.4, 0.5) is 5.69 Å². The van der Waals surface area contributed by atoms with Crippen molar-refractivity contribution in [3.63, 3.8) is 0 Å². The minimum absolute atomic E-state index is 0.285. The van der Waals surface area contributed by atoms with E-state index in [0.29, 0.717) is 0 Å². The van der Waals surface area contributed by atoms with Gasteiger partial charge in [0.15, 0.2) is 0 Å². The molecule has 3 rings (SSSR count). The first-order valence-corrected chi connectivity index (χ1v) is 4.85. The van der Waals surface area contributed by atoms with Crippen molar-refractivity contribution in [2.45, 2.75) is 0 Å². The summed E-state index contributed by atoms with van der Waals surface area (Å²) in [5.41, 5.74) is 4.93. The third-order valence-corrected chi connectivity index (χ3v) is 2.64. The quantitative estimate of drug-likeness (QED) is 0.762. The first-order chi connectivity index (χ1) is 7.75. The number of carboxylic acids is 1. The molecule has 0 spiro atoms. The van der Waals surface area contributed by atoms with Crippen molar-refractivity contribution in [2.24, 2.45) is 5.10 Å². The second kappa shape index (κ2) is 3.06. The molecular weight excluding hydrogens is 204 g/mol. The Morgan fingerprint density at radius 1 is 1.31 bits per heavy atom. The molecule has 2 aromatic carbocycles. The van der Waals surface area contributed by atoms with Gasteiger partial charge in [-0.3, -0.25) is 5.43 Å². The monoisotopic (exact) mass is 212 g/mol. The molecule has 0 aliphatic carbocycles. The predicted molar refractivity (Wildman–Crippen MR) is 62.1 cm³/mol. The third kappa shape index (κ3) is 1.16. The number of rotatable bonds is 1. The van der Waals surface area contributed by atoms with E-state index in [0.717, 1.165) is 22.0 Å². The molecule has 0 bridgehead atoms. The van der Waals surface area contributed by atoms with Gasteiger partial charge in [0.1, 0.15) is 0 Å². The average molecular weight is 212 g/mol. The molecular formula is C12H8N2O2. The molecule has 1 heterocycles. The SMILES string of the molecule is O=C(O)c1cc2c3c(cccc3c1)NN=C2. The van der Waals surface area contributed by atoms with E-state index in [1.165, 1.54) is 0 Å². The Morgan fingerprint density at radius 2 is 2.19 bits per heavy atom. The summed E-state index contributed by atoms with van der Waals surface area (Å²) in [5, 5.41) is 14.9. The lowest BCUT2D eigenvalue weighted by Crippen LogP contribution is -2.03. The van der Waals surface area contributed by atoms with E-state index in [1.807, 2.05) is 18.2 Å². The number of carboxylic acid groups (broad SMARTS) is 1. The highest BCUT2D eigenvalue weighted by molar-refractivity contribution is 6.10. The van der Waals surface area contributed by atoms with E-state index < -0.39 is 5.97 Å². The number of hydrazone groups is 1. The van der Waals surface area contributed by atoms with Crippen molar-refractivity contribution >= 4 is 28.6 Å². The van der Waals surface area contributed by atoms with E-state index in [-0.39, 0.29) is 5.56 Å². The predicted octanol–water partition coefficient (Wildman–Crippen LogP) is 2.30. The zero-order chi connectivity index (χ0) is 11.1. The second-order valence-corrected chi connectivity index (χ2v) is 3.64. The Labute approximate surface area is 91.2 Å². The van der Waals surface area contributed by atoms with Crippen LogP contribution in [0.1, 0.15) is 15.9 Å². The largest absolute Gasteiger partial charge is 0.478 e. The summed E-state index contributed by atoms with van der Waals surface area (Å²) in [5.74, 6) is -0.921. The Hall–Kier alpha value is -2.36. The van der Waals surface area contributed by atoms with Gasteiger partial charge in [0.25, 0.3) is 0 Å². The van der Waals surface area contributed by atoms with E-state index >= 15 is 0 Å². The number of aromatic carboxylic acids is 1. The van der Waals surface area contributed by atoms with Crippen molar-refractivity contribution in [3.05, 3.63) is 41.5 Å². The molecule has 0 fully saturated rings. The van der Waals surface area contributed by atoms with Crippen LogP contribution in [0.15, 0.2) is 35.4 Å². The standard InChI is InChI=1S/C12H8N2O2/c15-12(16)8-4-7-2-1-3-10-11(7)9(5-8)6-13-14-10/h1-6,14H,(H,15,16). The number of hydrogen-bond donors (Lipinski definition) is 2. The fraction of sp³-hybridized carbons (Fsp3) is 0. The van der Waals surface area contributed by atoms with Crippen molar-refractivity contribution in [2.75, 3.05) is 5.43 Å². The summed E-state index contributed by atoms with van der Waals surface area (Å²) in [4.78, 5) is 11.0. The molecule has 1 aliphatic rings. The summed E-state index contributed by atoms with van der Waals surface area (Å²) in [6.45, 7) is 0. The van der Waals surface area contributed by atoms with Gasteiger partial charge in [-0.25, -0.2) is 4.79 Å². The maximum absolute atomic E-state index is 11.0. The number of anilines is 1. The van der Waals surface area contributed by atoms with Gasteiger partial charge < -0.3 is 5.11 Å². The number of benzene rings is 2. The van der Waals surface area contributed by atoms with Gasteiger partial charge in [0, 0.05) is 10.9 Å². The molecule has 1 aliphatic heterocycles. The Kier molecular flexibility index (Phi) is 1.71. The lowest BCUT2D eigenvalue weighted by Gasteiger charge is -2.13. The molecule has 2 N–H and O–H groups in total. The summed E-state index contributed by atoms with van der Waals surface area (Å²) in [6.07, 6.45) is 1.64. The highest BCUT2D eigenvalue weighted by Gasteiger charge is 2.12. The maximum Gasteiger partial charge on any atom is 0.335 e. The van der Waals surface area contributed by atoms with Crippen molar-refractivity contribution in [3.8, 4) is 0 Å². The molecule has 0 aromatic heterocycles. The second-order valence-electron chi connectivity index (χ2n) is 3.64. The topological polar surface area (TPSA) is 61.7 Å². The fourth-order valence-electron chi connectivity index (χ4n) is 1.95. The van der Waals surface area contributed by atoms with Crippen molar-refractivity contribution in [1.82, 2.24) is 0 Å². The molecule has 0 saturated heterocycles. The maximum atomic E-state index is 11.0. The minimum Gasteiger partial charge on any atom is -0.478 e. The lowest BCUT2D eigenvalue weighted by molar-refractivity contribution is 0.0697. The minimum atomic E-state index is -0.921. The molecule has 0 saturated carbocycles. The van der Waals surface area contributed by atoms with Crippen molar-refractivity contribution < 1.29 is 9.90 Å². The Morgan fingerprint density at radius 3 is 3.00 bits per heavy atom. The molecule has 0 radical (unpaired) electrons. The summed E-state index contributed by atoms with van der Waals surface area (Å²) in [6, 6.07) is 9.00. The van der Waals surface area contributed by atoms with Crippen LogP contribution < -0.4 is 5.43 Å². The molecule has 4 heteroatoms. The van der Waals surface area contributed by atoms with Gasteiger partial charge in [-0.05, 0) is 23.6 Å². The molecule has 4 nitrogen and oxygen atoms in total. The zero-order valence-corrected chi connectivity index (χ0v) is 8.27. The van der Waals surface area contributed by atoms with Crippen LogP contribution in [0, 0.1) is 0 Å². The van der Waals surface area contributed by atoms with E-state index in [4.69, 9.17) is 5.11 Å². The van der Waals surface area contributed by atoms with Crippen molar-refractivity contribution in [1.29, 1.82) is 0 Å². The smallest absolute Gasteiger partial charge is 0.335 e.